The van der Waals surface area contributed by atoms with Crippen molar-refractivity contribution in [3.8, 4) is 5.75 Å². The van der Waals surface area contributed by atoms with Crippen molar-refractivity contribution in [2.45, 2.75) is 16.4 Å². The van der Waals surface area contributed by atoms with Crippen LogP contribution in [-0.2, 0) is 6.61 Å². The van der Waals surface area contributed by atoms with Crippen molar-refractivity contribution in [2.75, 3.05) is 0 Å². The number of hydrogen-bond acceptors (Lipinski definition) is 10. The van der Waals surface area contributed by atoms with E-state index >= 15 is 0 Å². The second kappa shape index (κ2) is 10.5. The molecule has 3 rings (SSSR count). The fourth-order valence-electron chi connectivity index (χ4n) is 3.19. The summed E-state index contributed by atoms with van der Waals surface area (Å²) < 4.78 is 5.46. The van der Waals surface area contributed by atoms with Gasteiger partial charge in [-0.05, 0) is 17.7 Å². The summed E-state index contributed by atoms with van der Waals surface area (Å²) in [6.07, 6.45) is 0. The zero-order valence-corrected chi connectivity index (χ0v) is 18.5. The number of carboxylic acid groups (broad SMARTS) is 2. The number of aromatic carboxylic acids is 2. The van der Waals surface area contributed by atoms with E-state index in [2.05, 4.69) is 0 Å². The van der Waals surface area contributed by atoms with Crippen molar-refractivity contribution < 1.29 is 39.3 Å². The smallest absolute Gasteiger partial charge is 0.350 e. The molecule has 3 aromatic rings. The number of nitro groups is 3. The molecule has 0 radical (unpaired) electrons. The Balaban J connectivity index is 2.27. The highest BCUT2D eigenvalue weighted by atomic mass is 32.2. The van der Waals surface area contributed by atoms with Crippen LogP contribution in [0.3, 0.4) is 0 Å². The number of hydrogen-bond donors (Lipinski definition) is 2. The monoisotopic (exact) mass is 515 g/mol. The highest BCUT2D eigenvalue weighted by Gasteiger charge is 2.39. The van der Waals surface area contributed by atoms with Gasteiger partial charge in [0.15, 0.2) is 5.75 Å². The first-order valence-corrected chi connectivity index (χ1v) is 10.4. The van der Waals surface area contributed by atoms with Gasteiger partial charge in [0.05, 0.1) is 24.6 Å². The van der Waals surface area contributed by atoms with Crippen molar-refractivity contribution >= 4 is 40.8 Å². The summed E-state index contributed by atoms with van der Waals surface area (Å²) >= 11 is 0.304. The molecule has 0 aliphatic carbocycles. The van der Waals surface area contributed by atoms with Gasteiger partial charge in [0.2, 0.25) is 5.56 Å². The molecule has 0 heterocycles. The molecule has 0 amide bonds. The number of rotatable bonds is 10. The molecule has 0 aromatic heterocycles. The van der Waals surface area contributed by atoms with Gasteiger partial charge in [-0.2, -0.15) is 0 Å². The summed E-state index contributed by atoms with van der Waals surface area (Å²) in [5, 5.41) is 54.1. The van der Waals surface area contributed by atoms with Crippen LogP contribution in [-0.4, -0.2) is 36.9 Å². The highest BCUT2D eigenvalue weighted by Crippen LogP contribution is 2.48. The van der Waals surface area contributed by atoms with E-state index in [4.69, 9.17) is 4.74 Å². The Morgan fingerprint density at radius 3 is 1.92 bits per heavy atom. The van der Waals surface area contributed by atoms with Gasteiger partial charge in [0.25, 0.3) is 5.69 Å². The number of ether oxygens (including phenoxy) is 1. The fourth-order valence-corrected chi connectivity index (χ4v) is 4.29. The second-order valence-corrected chi connectivity index (χ2v) is 7.94. The van der Waals surface area contributed by atoms with Gasteiger partial charge in [-0.3, -0.25) is 30.3 Å². The van der Waals surface area contributed by atoms with Gasteiger partial charge in [-0.25, -0.2) is 9.59 Å². The average Bonchev–Trinajstić information content (AvgIpc) is 2.81. The molecule has 0 bridgehead atoms. The quantitative estimate of drug-likeness (QED) is 0.281. The minimum atomic E-state index is -2.01. The summed E-state index contributed by atoms with van der Waals surface area (Å²) in [4.78, 5) is 54.3. The number of nitro benzene ring substituents is 3. The predicted molar refractivity (Wildman–Crippen MR) is 122 cm³/mol. The topological polar surface area (TPSA) is 213 Å². The maximum absolute atomic E-state index is 11.9. The van der Waals surface area contributed by atoms with Gasteiger partial charge in [-0.1, -0.05) is 48.2 Å². The lowest BCUT2D eigenvalue weighted by Gasteiger charge is -2.12. The molecule has 36 heavy (non-hydrogen) atoms. The summed E-state index contributed by atoms with van der Waals surface area (Å²) in [7, 11) is 0. The largest absolute Gasteiger partial charge is 0.482 e. The molecular weight excluding hydrogens is 502 g/mol. The molecule has 0 aliphatic rings. The van der Waals surface area contributed by atoms with E-state index in [0.717, 1.165) is 24.3 Å². The molecule has 0 atom stereocenters. The molecule has 184 valence electrons. The normalized spacial score (nSPS) is 10.4. The molecule has 3 aromatic carbocycles. The van der Waals surface area contributed by atoms with Crippen LogP contribution in [0, 0.1) is 30.3 Å². The standard InChI is InChI=1S/C21H13N3O11S/c25-20(26)12-7-4-8-14(17(12)22(29)30)36-15-9-13(35-10-11-5-2-1-3-6-11)18(23(31)32)16(21(27)28)19(15)24(33)34/h1-9H,10H2,(H,25,26)(H,27,28). The van der Waals surface area contributed by atoms with E-state index in [1.54, 1.807) is 30.3 Å². The Morgan fingerprint density at radius 2 is 1.39 bits per heavy atom. The first kappa shape index (κ1) is 25.6. The highest BCUT2D eigenvalue weighted by molar-refractivity contribution is 7.99. The first-order chi connectivity index (χ1) is 17.0. The molecule has 0 saturated carbocycles. The zero-order valence-electron chi connectivity index (χ0n) is 17.7. The number of carbonyl (C=O) groups is 2. The third-order valence-electron chi connectivity index (χ3n) is 4.65. The minimum Gasteiger partial charge on any atom is -0.482 e. The van der Waals surface area contributed by atoms with Crippen LogP contribution in [0.4, 0.5) is 17.1 Å². The van der Waals surface area contributed by atoms with Gasteiger partial charge in [0.1, 0.15) is 12.2 Å². The molecule has 14 nitrogen and oxygen atoms in total. The van der Waals surface area contributed by atoms with Crippen molar-refractivity contribution in [3.63, 3.8) is 0 Å². The van der Waals surface area contributed by atoms with E-state index in [0.29, 0.717) is 17.3 Å². The maximum atomic E-state index is 11.9. The van der Waals surface area contributed by atoms with E-state index in [1.165, 1.54) is 0 Å². The van der Waals surface area contributed by atoms with Crippen molar-refractivity contribution in [1.82, 2.24) is 0 Å². The lowest BCUT2D eigenvalue weighted by Crippen LogP contribution is -2.11. The molecule has 15 heteroatoms. The van der Waals surface area contributed by atoms with Crippen LogP contribution in [0.5, 0.6) is 5.75 Å². The van der Waals surface area contributed by atoms with Gasteiger partial charge >= 0.3 is 23.3 Å². The molecule has 2 N–H and O–H groups in total. The Kier molecular flexibility index (Phi) is 7.44. The van der Waals surface area contributed by atoms with Crippen molar-refractivity contribution in [3.05, 3.63) is 102 Å². The summed E-state index contributed by atoms with van der Waals surface area (Å²) in [5.41, 5.74) is -4.75. The van der Waals surface area contributed by atoms with Gasteiger partial charge in [-0.15, -0.1) is 0 Å². The van der Waals surface area contributed by atoms with Crippen LogP contribution >= 0.6 is 11.8 Å². The van der Waals surface area contributed by atoms with E-state index in [-0.39, 0.29) is 11.5 Å². The van der Waals surface area contributed by atoms with E-state index in [1.807, 2.05) is 0 Å². The number of benzene rings is 3. The number of para-hydroxylation sites is 1. The second-order valence-electron chi connectivity index (χ2n) is 6.86. The van der Waals surface area contributed by atoms with Crippen molar-refractivity contribution in [2.24, 2.45) is 0 Å². The number of nitrogens with zero attached hydrogens (tertiary/aromatic N) is 3. The van der Waals surface area contributed by atoms with Crippen LogP contribution in [0.1, 0.15) is 26.3 Å². The van der Waals surface area contributed by atoms with Gasteiger partial charge in [0, 0.05) is 6.07 Å². The summed E-state index contributed by atoms with van der Waals surface area (Å²) in [5.74, 6) is -4.28. The van der Waals surface area contributed by atoms with Gasteiger partial charge < -0.3 is 14.9 Å². The molecule has 0 spiro atoms. The third kappa shape index (κ3) is 5.20. The number of carboxylic acids is 2. The molecule has 0 saturated heterocycles. The molecule has 0 fully saturated rings. The molecular formula is C21H13N3O11S. The summed E-state index contributed by atoms with van der Waals surface area (Å²) in [6.45, 7) is -0.267. The lowest BCUT2D eigenvalue weighted by atomic mass is 10.1. The molecule has 0 unspecified atom stereocenters. The third-order valence-corrected chi connectivity index (χ3v) is 5.73. The maximum Gasteiger partial charge on any atom is 0.350 e. The van der Waals surface area contributed by atoms with Crippen LogP contribution in [0.2, 0.25) is 0 Å². The van der Waals surface area contributed by atoms with Crippen LogP contribution in [0.15, 0.2) is 64.4 Å². The lowest BCUT2D eigenvalue weighted by molar-refractivity contribution is -0.397. The summed E-state index contributed by atoms with van der Waals surface area (Å²) in [6, 6.07) is 12.3. The molecule has 0 aliphatic heterocycles. The zero-order chi connectivity index (χ0) is 26.6. The SMILES string of the molecule is O=C(O)c1cccc(Sc2cc(OCc3ccccc3)c([N+](=O)[O-])c(C(=O)O)c2[N+](=O)[O-])c1[N+](=O)[O-]. The van der Waals surface area contributed by atoms with E-state index < -0.39 is 65.5 Å². The predicted octanol–water partition coefficient (Wildman–Crippen LogP) is 4.54. The Labute approximate surface area is 204 Å². The van der Waals surface area contributed by atoms with Crippen LogP contribution in [0.25, 0.3) is 0 Å². The van der Waals surface area contributed by atoms with Crippen molar-refractivity contribution in [1.29, 1.82) is 0 Å². The fraction of sp³-hybridized carbons (Fsp3) is 0.0476. The Hall–Kier alpha value is -5.05. The minimum absolute atomic E-state index is 0.267. The van der Waals surface area contributed by atoms with Crippen LogP contribution < -0.4 is 4.74 Å². The average molecular weight is 515 g/mol. The Morgan fingerprint density at radius 1 is 0.778 bits per heavy atom. The van der Waals surface area contributed by atoms with E-state index in [9.17, 15) is 50.1 Å². The Bertz CT molecular complexity index is 1410. The first-order valence-electron chi connectivity index (χ1n) is 9.61.